The summed E-state index contributed by atoms with van der Waals surface area (Å²) < 4.78 is 39.3. The fourth-order valence-corrected chi connectivity index (χ4v) is 1.69. The highest BCUT2D eigenvalue weighted by atomic mass is 19.1. The van der Waals surface area contributed by atoms with Crippen LogP contribution in [0.15, 0.2) is 17.1 Å². The number of halogens is 3. The molecule has 0 aromatic heterocycles. The first kappa shape index (κ1) is 12.7. The molecular weight excluding hydrogens is 243 g/mol. The van der Waals surface area contributed by atoms with Crippen LogP contribution in [0.1, 0.15) is 24.8 Å². The second-order valence-electron chi connectivity index (χ2n) is 4.32. The van der Waals surface area contributed by atoms with Crippen molar-refractivity contribution in [3.8, 4) is 0 Å². The number of nitrogens with one attached hydrogen (secondary N) is 1. The summed E-state index contributed by atoms with van der Waals surface area (Å²) in [6, 6.07) is 1.56. The minimum Gasteiger partial charge on any atom is -0.370 e. The van der Waals surface area contributed by atoms with Crippen molar-refractivity contribution in [1.29, 1.82) is 0 Å². The van der Waals surface area contributed by atoms with Gasteiger partial charge in [0.15, 0.2) is 5.96 Å². The minimum atomic E-state index is -0.951. The van der Waals surface area contributed by atoms with Gasteiger partial charge in [-0.05, 0) is 19.3 Å². The molecule has 0 radical (unpaired) electrons. The van der Waals surface area contributed by atoms with Crippen LogP contribution in [0.5, 0.6) is 0 Å². The molecule has 2 rings (SSSR count). The van der Waals surface area contributed by atoms with Gasteiger partial charge in [0, 0.05) is 23.7 Å². The van der Waals surface area contributed by atoms with Crippen LogP contribution in [0.25, 0.3) is 0 Å². The highest BCUT2D eigenvalue weighted by Crippen LogP contribution is 2.18. The second kappa shape index (κ2) is 5.29. The first-order valence-corrected chi connectivity index (χ1v) is 5.76. The molecule has 6 heteroatoms. The van der Waals surface area contributed by atoms with Gasteiger partial charge in [0.25, 0.3) is 0 Å². The highest BCUT2D eigenvalue weighted by molar-refractivity contribution is 5.78. The molecule has 0 unspecified atom stereocenters. The lowest BCUT2D eigenvalue weighted by Gasteiger charge is -2.26. The van der Waals surface area contributed by atoms with Crippen molar-refractivity contribution in [1.82, 2.24) is 5.32 Å². The van der Waals surface area contributed by atoms with E-state index in [-0.39, 0.29) is 18.1 Å². The average molecular weight is 257 g/mol. The third kappa shape index (κ3) is 2.94. The lowest BCUT2D eigenvalue weighted by molar-refractivity contribution is 0.382. The Morgan fingerprint density at radius 2 is 1.89 bits per heavy atom. The van der Waals surface area contributed by atoms with E-state index in [1.807, 2.05) is 0 Å². The Bertz CT molecular complexity index is 447. The van der Waals surface area contributed by atoms with Gasteiger partial charge in [0.2, 0.25) is 0 Å². The number of nitrogens with two attached hydrogens (primary N) is 1. The van der Waals surface area contributed by atoms with E-state index in [4.69, 9.17) is 5.73 Å². The summed E-state index contributed by atoms with van der Waals surface area (Å²) in [6.07, 6.45) is 3.19. The predicted octanol–water partition coefficient (Wildman–Crippen LogP) is 2.06. The van der Waals surface area contributed by atoms with Crippen LogP contribution >= 0.6 is 0 Å². The van der Waals surface area contributed by atoms with Crippen molar-refractivity contribution in [3.05, 3.63) is 35.1 Å². The molecule has 3 nitrogen and oxygen atoms in total. The molecule has 0 saturated heterocycles. The molecule has 98 valence electrons. The Hall–Kier alpha value is -1.72. The first-order chi connectivity index (χ1) is 8.56. The van der Waals surface area contributed by atoms with Crippen LogP contribution < -0.4 is 11.1 Å². The molecule has 1 aromatic carbocycles. The Morgan fingerprint density at radius 3 is 2.39 bits per heavy atom. The molecular formula is C12H14F3N3. The number of nitrogens with zero attached hydrogens (tertiary/aromatic N) is 1. The Labute approximate surface area is 103 Å². The number of rotatable bonds is 3. The molecule has 18 heavy (non-hydrogen) atoms. The standard InChI is InChI=1S/C12H14F3N3/c13-7-4-10(14)9(11(15)5-7)6-17-12(16)18-8-2-1-3-8/h4-5,8H,1-3,6H2,(H3,16,17,18). The normalized spacial score (nSPS) is 16.5. The van der Waals surface area contributed by atoms with Gasteiger partial charge < -0.3 is 11.1 Å². The third-order valence-corrected chi connectivity index (χ3v) is 2.97. The average Bonchev–Trinajstić information content (AvgIpc) is 2.22. The van der Waals surface area contributed by atoms with Gasteiger partial charge >= 0.3 is 0 Å². The number of hydrogen-bond acceptors (Lipinski definition) is 1. The fraction of sp³-hybridized carbons (Fsp3) is 0.417. The summed E-state index contributed by atoms with van der Waals surface area (Å²) in [5, 5.41) is 2.95. The van der Waals surface area contributed by atoms with Gasteiger partial charge in [-0.1, -0.05) is 0 Å². The van der Waals surface area contributed by atoms with Gasteiger partial charge in [-0.2, -0.15) is 0 Å². The van der Waals surface area contributed by atoms with Crippen LogP contribution in [0, 0.1) is 17.5 Å². The second-order valence-corrected chi connectivity index (χ2v) is 4.32. The van der Waals surface area contributed by atoms with Gasteiger partial charge in [0.05, 0.1) is 6.54 Å². The zero-order chi connectivity index (χ0) is 13.1. The predicted molar refractivity (Wildman–Crippen MR) is 62.4 cm³/mol. The topological polar surface area (TPSA) is 50.4 Å². The first-order valence-electron chi connectivity index (χ1n) is 5.76. The van der Waals surface area contributed by atoms with E-state index < -0.39 is 17.5 Å². The number of guanidine groups is 1. The Morgan fingerprint density at radius 1 is 1.28 bits per heavy atom. The van der Waals surface area contributed by atoms with Crippen molar-refractivity contribution >= 4 is 5.96 Å². The molecule has 1 aromatic rings. The molecule has 0 atom stereocenters. The minimum absolute atomic E-state index is 0.155. The van der Waals surface area contributed by atoms with E-state index in [2.05, 4.69) is 10.3 Å². The molecule has 1 aliphatic rings. The summed E-state index contributed by atoms with van der Waals surface area (Å²) in [4.78, 5) is 3.85. The zero-order valence-corrected chi connectivity index (χ0v) is 9.72. The summed E-state index contributed by atoms with van der Waals surface area (Å²) in [7, 11) is 0. The van der Waals surface area contributed by atoms with Crippen LogP contribution in [0.2, 0.25) is 0 Å². The molecule has 1 aliphatic carbocycles. The Balaban J connectivity index is 2.02. The SMILES string of the molecule is NC(=NCc1c(F)cc(F)cc1F)NC1CCC1. The fourth-order valence-electron chi connectivity index (χ4n) is 1.69. The summed E-state index contributed by atoms with van der Waals surface area (Å²) >= 11 is 0. The molecule has 0 spiro atoms. The van der Waals surface area contributed by atoms with E-state index in [0.29, 0.717) is 18.2 Å². The van der Waals surface area contributed by atoms with Gasteiger partial charge in [0.1, 0.15) is 17.5 Å². The highest BCUT2D eigenvalue weighted by Gasteiger charge is 2.17. The molecule has 0 bridgehead atoms. The van der Waals surface area contributed by atoms with E-state index in [0.717, 1.165) is 19.3 Å². The smallest absolute Gasteiger partial charge is 0.189 e. The van der Waals surface area contributed by atoms with Gasteiger partial charge in [-0.3, -0.25) is 0 Å². The largest absolute Gasteiger partial charge is 0.370 e. The number of aliphatic imine (C=N–C) groups is 1. The molecule has 0 heterocycles. The Kier molecular flexibility index (Phi) is 3.74. The van der Waals surface area contributed by atoms with Crippen molar-refractivity contribution in [2.75, 3.05) is 0 Å². The molecule has 3 N–H and O–H groups in total. The maximum atomic E-state index is 13.3. The maximum Gasteiger partial charge on any atom is 0.189 e. The van der Waals surface area contributed by atoms with Crippen molar-refractivity contribution in [3.63, 3.8) is 0 Å². The van der Waals surface area contributed by atoms with Crippen LogP contribution in [-0.2, 0) is 6.54 Å². The lowest BCUT2D eigenvalue weighted by atomic mass is 9.93. The van der Waals surface area contributed by atoms with E-state index in [9.17, 15) is 13.2 Å². The number of hydrogen-bond donors (Lipinski definition) is 2. The molecule has 0 aliphatic heterocycles. The van der Waals surface area contributed by atoms with Crippen molar-refractivity contribution < 1.29 is 13.2 Å². The summed E-state index contributed by atoms with van der Waals surface area (Å²) in [6.45, 7) is -0.247. The monoisotopic (exact) mass is 257 g/mol. The van der Waals surface area contributed by atoms with Gasteiger partial charge in [-0.15, -0.1) is 0 Å². The maximum absolute atomic E-state index is 13.3. The zero-order valence-electron chi connectivity index (χ0n) is 9.72. The quantitative estimate of drug-likeness (QED) is 0.643. The lowest BCUT2D eigenvalue weighted by Crippen LogP contribution is -2.43. The van der Waals surface area contributed by atoms with E-state index in [1.54, 1.807) is 0 Å². The summed E-state index contributed by atoms with van der Waals surface area (Å²) in [5.74, 6) is -2.69. The van der Waals surface area contributed by atoms with Crippen LogP contribution in [-0.4, -0.2) is 12.0 Å². The molecule has 1 fully saturated rings. The molecule has 0 amide bonds. The molecule has 1 saturated carbocycles. The van der Waals surface area contributed by atoms with E-state index >= 15 is 0 Å². The van der Waals surface area contributed by atoms with Gasteiger partial charge in [-0.25, -0.2) is 18.2 Å². The van der Waals surface area contributed by atoms with Crippen molar-refractivity contribution in [2.24, 2.45) is 10.7 Å². The van der Waals surface area contributed by atoms with E-state index in [1.165, 1.54) is 0 Å². The van der Waals surface area contributed by atoms with Crippen LogP contribution in [0.4, 0.5) is 13.2 Å². The van der Waals surface area contributed by atoms with Crippen LogP contribution in [0.3, 0.4) is 0 Å². The third-order valence-electron chi connectivity index (χ3n) is 2.97. The van der Waals surface area contributed by atoms with Crippen molar-refractivity contribution in [2.45, 2.75) is 31.8 Å². The summed E-state index contributed by atoms with van der Waals surface area (Å²) in [5.41, 5.74) is 5.30. The number of benzene rings is 1.